The van der Waals surface area contributed by atoms with E-state index < -0.39 is 0 Å². The van der Waals surface area contributed by atoms with Gasteiger partial charge in [-0.15, -0.1) is 11.6 Å². The molecule has 14 heavy (non-hydrogen) atoms. The van der Waals surface area contributed by atoms with Gasteiger partial charge in [0.05, 0.1) is 21.6 Å². The lowest BCUT2D eigenvalue weighted by Gasteiger charge is -2.02. The van der Waals surface area contributed by atoms with Crippen LogP contribution < -0.4 is 0 Å². The van der Waals surface area contributed by atoms with Gasteiger partial charge in [-0.3, -0.25) is 0 Å². The molecule has 0 heterocycles. The normalized spacial score (nSPS) is 11.8. The smallest absolute Gasteiger partial charge is 0.0761 e. The summed E-state index contributed by atoms with van der Waals surface area (Å²) in [4.78, 5) is 0. The van der Waals surface area contributed by atoms with E-state index in [1.54, 1.807) is 12.1 Å². The van der Waals surface area contributed by atoms with E-state index in [1.807, 2.05) is 6.07 Å². The van der Waals surface area contributed by atoms with E-state index in [4.69, 9.17) is 40.0 Å². The molecule has 0 saturated heterocycles. The fraction of sp³-hybridized carbons (Fsp3) is 0.222. The van der Waals surface area contributed by atoms with Gasteiger partial charge in [0, 0.05) is 6.42 Å². The van der Waals surface area contributed by atoms with Crippen LogP contribution in [0, 0.1) is 0 Å². The average molecular weight is 253 g/mol. The summed E-state index contributed by atoms with van der Waals surface area (Å²) in [6.07, 6.45) is 0.469. The van der Waals surface area contributed by atoms with E-state index in [-0.39, 0.29) is 5.88 Å². The summed E-state index contributed by atoms with van der Waals surface area (Å²) in [5, 5.41) is 12.6. The Morgan fingerprint density at radius 1 is 1.29 bits per heavy atom. The maximum Gasteiger partial charge on any atom is 0.0761 e. The van der Waals surface area contributed by atoms with Gasteiger partial charge < -0.3 is 5.21 Å². The standard InChI is InChI=1S/C9H8Cl3NO/c10-5-7(13-14)3-6-1-2-8(11)9(12)4-6/h1-2,4,14H,3,5H2. The number of nitrogens with zero attached hydrogens (tertiary/aromatic N) is 1. The first-order valence-electron chi connectivity index (χ1n) is 3.87. The van der Waals surface area contributed by atoms with Crippen LogP contribution in [0.4, 0.5) is 0 Å². The number of oxime groups is 1. The van der Waals surface area contributed by atoms with Crippen LogP contribution in [0.3, 0.4) is 0 Å². The molecule has 0 aromatic heterocycles. The SMILES string of the molecule is ON=C(CCl)Cc1ccc(Cl)c(Cl)c1. The third kappa shape index (κ3) is 3.05. The Labute approximate surface area is 97.1 Å². The highest BCUT2D eigenvalue weighted by molar-refractivity contribution is 6.42. The summed E-state index contributed by atoms with van der Waals surface area (Å²) < 4.78 is 0. The minimum Gasteiger partial charge on any atom is -0.411 e. The molecule has 0 aliphatic rings. The van der Waals surface area contributed by atoms with E-state index in [0.717, 1.165) is 5.56 Å². The highest BCUT2D eigenvalue weighted by atomic mass is 35.5. The summed E-state index contributed by atoms with van der Waals surface area (Å²) in [5.41, 5.74) is 1.40. The van der Waals surface area contributed by atoms with Crippen LogP contribution in [0.2, 0.25) is 10.0 Å². The number of halogens is 3. The predicted octanol–water partition coefficient (Wildman–Crippen LogP) is 3.60. The summed E-state index contributed by atoms with van der Waals surface area (Å²) in [6, 6.07) is 5.23. The van der Waals surface area contributed by atoms with Crippen molar-refractivity contribution in [3.8, 4) is 0 Å². The van der Waals surface area contributed by atoms with Crippen molar-refractivity contribution in [1.29, 1.82) is 0 Å². The highest BCUT2D eigenvalue weighted by Gasteiger charge is 2.03. The number of rotatable bonds is 3. The fourth-order valence-corrected chi connectivity index (χ4v) is 1.46. The fourth-order valence-electron chi connectivity index (χ4n) is 0.995. The highest BCUT2D eigenvalue weighted by Crippen LogP contribution is 2.22. The third-order valence-corrected chi connectivity index (χ3v) is 2.74. The van der Waals surface area contributed by atoms with Gasteiger partial charge >= 0.3 is 0 Å². The van der Waals surface area contributed by atoms with E-state index in [1.165, 1.54) is 0 Å². The van der Waals surface area contributed by atoms with Crippen molar-refractivity contribution in [2.24, 2.45) is 5.16 Å². The lowest BCUT2D eigenvalue weighted by Crippen LogP contribution is -2.04. The van der Waals surface area contributed by atoms with Crippen LogP contribution in [0.5, 0.6) is 0 Å². The lowest BCUT2D eigenvalue weighted by atomic mass is 10.1. The van der Waals surface area contributed by atoms with Gasteiger partial charge in [-0.05, 0) is 17.7 Å². The topological polar surface area (TPSA) is 32.6 Å². The second kappa shape index (κ2) is 5.44. The number of benzene rings is 1. The number of hydrogen-bond donors (Lipinski definition) is 1. The molecular formula is C9H8Cl3NO. The van der Waals surface area contributed by atoms with Crippen molar-refractivity contribution >= 4 is 40.5 Å². The molecular weight excluding hydrogens is 244 g/mol. The van der Waals surface area contributed by atoms with E-state index in [0.29, 0.717) is 22.2 Å². The zero-order valence-corrected chi connectivity index (χ0v) is 9.44. The molecule has 1 aromatic carbocycles. The average Bonchev–Trinajstić information content (AvgIpc) is 2.19. The third-order valence-electron chi connectivity index (χ3n) is 1.69. The Kier molecular flexibility index (Phi) is 4.52. The Balaban J connectivity index is 2.82. The first-order valence-corrected chi connectivity index (χ1v) is 5.16. The van der Waals surface area contributed by atoms with Gasteiger partial charge in [0.25, 0.3) is 0 Å². The Hall–Kier alpha value is -0.440. The van der Waals surface area contributed by atoms with Crippen LogP contribution in [0.25, 0.3) is 0 Å². The van der Waals surface area contributed by atoms with Crippen LogP contribution in [-0.4, -0.2) is 16.8 Å². The summed E-state index contributed by atoms with van der Waals surface area (Å²) in [5.74, 6) is 0.191. The van der Waals surface area contributed by atoms with Crippen molar-refractivity contribution < 1.29 is 5.21 Å². The molecule has 1 N–H and O–H groups in total. The largest absolute Gasteiger partial charge is 0.411 e. The lowest BCUT2D eigenvalue weighted by molar-refractivity contribution is 0.318. The molecule has 0 radical (unpaired) electrons. The molecule has 2 nitrogen and oxygen atoms in total. The maximum absolute atomic E-state index is 8.56. The zero-order chi connectivity index (χ0) is 10.6. The summed E-state index contributed by atoms with van der Waals surface area (Å²) >= 11 is 17.1. The first-order chi connectivity index (χ1) is 6.67. The molecule has 0 amide bonds. The van der Waals surface area contributed by atoms with Gasteiger partial charge in [0.15, 0.2) is 0 Å². The first kappa shape index (κ1) is 11.6. The molecule has 0 unspecified atom stereocenters. The molecule has 0 fully saturated rings. The van der Waals surface area contributed by atoms with Crippen molar-refractivity contribution in [3.63, 3.8) is 0 Å². The summed E-state index contributed by atoms with van der Waals surface area (Å²) in [6.45, 7) is 0. The van der Waals surface area contributed by atoms with Gasteiger partial charge in [-0.2, -0.15) is 0 Å². The zero-order valence-electron chi connectivity index (χ0n) is 7.17. The molecule has 76 valence electrons. The van der Waals surface area contributed by atoms with Crippen LogP contribution >= 0.6 is 34.8 Å². The number of hydrogen-bond acceptors (Lipinski definition) is 2. The van der Waals surface area contributed by atoms with Gasteiger partial charge in [-0.25, -0.2) is 0 Å². The molecule has 1 rings (SSSR count). The molecule has 0 spiro atoms. The van der Waals surface area contributed by atoms with E-state index >= 15 is 0 Å². The molecule has 5 heteroatoms. The van der Waals surface area contributed by atoms with Gasteiger partial charge in [0.1, 0.15) is 0 Å². The minimum atomic E-state index is 0.191. The minimum absolute atomic E-state index is 0.191. The van der Waals surface area contributed by atoms with E-state index in [9.17, 15) is 0 Å². The molecule has 0 aliphatic heterocycles. The van der Waals surface area contributed by atoms with Gasteiger partial charge in [-0.1, -0.05) is 34.4 Å². The quantitative estimate of drug-likeness (QED) is 0.379. The monoisotopic (exact) mass is 251 g/mol. The molecule has 0 bridgehead atoms. The predicted molar refractivity (Wildman–Crippen MR) is 60.1 cm³/mol. The van der Waals surface area contributed by atoms with Crippen LogP contribution in [0.15, 0.2) is 23.4 Å². The van der Waals surface area contributed by atoms with Crippen molar-refractivity contribution in [2.75, 3.05) is 5.88 Å². The second-order valence-corrected chi connectivity index (χ2v) is 3.81. The number of alkyl halides is 1. The Morgan fingerprint density at radius 3 is 2.50 bits per heavy atom. The molecule has 0 atom stereocenters. The maximum atomic E-state index is 8.56. The van der Waals surface area contributed by atoms with Crippen molar-refractivity contribution in [1.82, 2.24) is 0 Å². The van der Waals surface area contributed by atoms with Crippen molar-refractivity contribution in [2.45, 2.75) is 6.42 Å². The molecule has 0 aliphatic carbocycles. The van der Waals surface area contributed by atoms with Crippen LogP contribution in [-0.2, 0) is 6.42 Å². The van der Waals surface area contributed by atoms with Gasteiger partial charge in [0.2, 0.25) is 0 Å². The van der Waals surface area contributed by atoms with E-state index in [2.05, 4.69) is 5.16 Å². The second-order valence-electron chi connectivity index (χ2n) is 2.73. The Bertz CT molecular complexity index is 352. The summed E-state index contributed by atoms with van der Waals surface area (Å²) in [7, 11) is 0. The van der Waals surface area contributed by atoms with Crippen molar-refractivity contribution in [3.05, 3.63) is 33.8 Å². The van der Waals surface area contributed by atoms with Crippen LogP contribution in [0.1, 0.15) is 5.56 Å². The Morgan fingerprint density at radius 2 is 2.00 bits per heavy atom. The molecule has 0 saturated carbocycles. The molecule has 1 aromatic rings.